The van der Waals surface area contributed by atoms with E-state index in [1.54, 1.807) is 12.1 Å². The van der Waals surface area contributed by atoms with Crippen LogP contribution >= 0.6 is 11.6 Å². The van der Waals surface area contributed by atoms with Crippen molar-refractivity contribution in [1.82, 2.24) is 0 Å². The third-order valence-electron chi connectivity index (χ3n) is 2.30. The zero-order valence-corrected chi connectivity index (χ0v) is 10.3. The number of unbranched alkanes of at least 4 members (excludes halogenated alkanes) is 2. The molecule has 0 aromatic heterocycles. The summed E-state index contributed by atoms with van der Waals surface area (Å²) in [5, 5.41) is 0. The summed E-state index contributed by atoms with van der Waals surface area (Å²) in [6.45, 7) is 2.46. The second-order valence-electron chi connectivity index (χ2n) is 3.75. The molecule has 1 rings (SSSR count). The summed E-state index contributed by atoms with van der Waals surface area (Å²) in [6.07, 6.45) is 2.86. The van der Waals surface area contributed by atoms with Crippen LogP contribution in [-0.4, -0.2) is 18.5 Å². The van der Waals surface area contributed by atoms with Crippen LogP contribution in [0.25, 0.3) is 0 Å². The number of ether oxygens (including phenoxy) is 1. The number of alkyl halides is 1. The minimum Gasteiger partial charge on any atom is -0.462 e. The van der Waals surface area contributed by atoms with Gasteiger partial charge in [0.2, 0.25) is 0 Å². The number of aryl methyl sites for hydroxylation is 1. The summed E-state index contributed by atoms with van der Waals surface area (Å²) in [4.78, 5) is 11.5. The minimum absolute atomic E-state index is 0.245. The number of hydrogen-bond donors (Lipinski definition) is 0. The Balaban J connectivity index is 2.27. The molecule has 0 saturated heterocycles. The highest BCUT2D eigenvalue weighted by atomic mass is 35.5. The quantitative estimate of drug-likeness (QED) is 0.432. The molecule has 0 aliphatic carbocycles. The number of rotatable bonds is 6. The lowest BCUT2D eigenvalue weighted by molar-refractivity contribution is 0.0498. The van der Waals surface area contributed by atoms with E-state index in [0.717, 1.165) is 24.8 Å². The van der Waals surface area contributed by atoms with Crippen molar-refractivity contribution in [1.29, 1.82) is 0 Å². The highest BCUT2D eigenvalue weighted by Crippen LogP contribution is 2.06. The summed E-state index contributed by atoms with van der Waals surface area (Å²) >= 11 is 5.55. The van der Waals surface area contributed by atoms with E-state index < -0.39 is 0 Å². The van der Waals surface area contributed by atoms with E-state index in [9.17, 15) is 4.79 Å². The van der Waals surface area contributed by atoms with E-state index in [-0.39, 0.29) is 5.97 Å². The summed E-state index contributed by atoms with van der Waals surface area (Å²) in [6, 6.07) is 7.39. The summed E-state index contributed by atoms with van der Waals surface area (Å²) in [5.74, 6) is 0.428. The van der Waals surface area contributed by atoms with Crippen molar-refractivity contribution >= 4 is 17.6 Å². The molecule has 0 bridgehead atoms. The molecule has 0 aliphatic heterocycles. The fourth-order valence-corrected chi connectivity index (χ4v) is 1.50. The van der Waals surface area contributed by atoms with Gasteiger partial charge >= 0.3 is 5.97 Å². The lowest BCUT2D eigenvalue weighted by atomic mass is 10.1. The van der Waals surface area contributed by atoms with Crippen molar-refractivity contribution in [2.45, 2.75) is 26.2 Å². The van der Waals surface area contributed by atoms with E-state index in [1.807, 2.05) is 19.1 Å². The average Bonchev–Trinajstić information content (AvgIpc) is 2.29. The van der Waals surface area contributed by atoms with E-state index >= 15 is 0 Å². The van der Waals surface area contributed by atoms with Gasteiger partial charge in [-0.15, -0.1) is 11.6 Å². The third-order valence-corrected chi connectivity index (χ3v) is 2.57. The molecule has 0 heterocycles. The van der Waals surface area contributed by atoms with E-state index in [4.69, 9.17) is 16.3 Å². The molecule has 0 unspecified atom stereocenters. The maximum absolute atomic E-state index is 11.5. The normalized spacial score (nSPS) is 10.1. The number of carbonyl (C=O) groups is 1. The van der Waals surface area contributed by atoms with E-state index in [0.29, 0.717) is 18.1 Å². The lowest BCUT2D eigenvalue weighted by Crippen LogP contribution is -2.06. The number of hydrogen-bond acceptors (Lipinski definition) is 2. The van der Waals surface area contributed by atoms with Gasteiger partial charge in [-0.1, -0.05) is 17.7 Å². The molecule has 0 N–H and O–H groups in total. The molecule has 0 aliphatic rings. The third kappa shape index (κ3) is 4.67. The molecule has 0 fully saturated rings. The fourth-order valence-electron chi connectivity index (χ4n) is 1.31. The zero-order chi connectivity index (χ0) is 11.8. The van der Waals surface area contributed by atoms with Crippen molar-refractivity contribution in [2.24, 2.45) is 0 Å². The first-order chi connectivity index (χ1) is 7.74. The van der Waals surface area contributed by atoms with Gasteiger partial charge in [0.25, 0.3) is 0 Å². The molecular formula is C13H17ClO2. The highest BCUT2D eigenvalue weighted by molar-refractivity contribution is 6.17. The lowest BCUT2D eigenvalue weighted by Gasteiger charge is -2.04. The van der Waals surface area contributed by atoms with Crippen LogP contribution in [0, 0.1) is 6.92 Å². The average molecular weight is 241 g/mol. The van der Waals surface area contributed by atoms with Crippen LogP contribution in [0.4, 0.5) is 0 Å². The first kappa shape index (κ1) is 13.0. The van der Waals surface area contributed by atoms with Crippen LogP contribution in [0.15, 0.2) is 24.3 Å². The van der Waals surface area contributed by atoms with Crippen LogP contribution in [-0.2, 0) is 4.74 Å². The van der Waals surface area contributed by atoms with E-state index in [2.05, 4.69) is 0 Å². The maximum Gasteiger partial charge on any atom is 0.338 e. The molecule has 1 aromatic carbocycles. The topological polar surface area (TPSA) is 26.3 Å². The Hall–Kier alpha value is -1.02. The van der Waals surface area contributed by atoms with Crippen LogP contribution in [0.1, 0.15) is 35.2 Å². The second-order valence-corrected chi connectivity index (χ2v) is 4.13. The smallest absolute Gasteiger partial charge is 0.338 e. The van der Waals surface area contributed by atoms with Gasteiger partial charge in [-0.25, -0.2) is 4.79 Å². The monoisotopic (exact) mass is 240 g/mol. The van der Waals surface area contributed by atoms with Crippen LogP contribution in [0.3, 0.4) is 0 Å². The van der Waals surface area contributed by atoms with E-state index in [1.165, 1.54) is 0 Å². The largest absolute Gasteiger partial charge is 0.462 e. The Morgan fingerprint density at radius 3 is 2.50 bits per heavy atom. The Morgan fingerprint density at radius 1 is 1.19 bits per heavy atom. The Kier molecular flexibility index (Phi) is 5.94. The molecule has 0 spiro atoms. The Labute approximate surface area is 102 Å². The van der Waals surface area contributed by atoms with Crippen LogP contribution < -0.4 is 0 Å². The molecule has 0 radical (unpaired) electrons. The predicted octanol–water partition coefficient (Wildman–Crippen LogP) is 3.56. The number of benzene rings is 1. The standard InChI is InChI=1S/C13H17ClO2/c1-11-5-7-12(8-6-11)13(15)16-10-4-2-3-9-14/h5-8H,2-4,9-10H2,1H3. The molecular weight excluding hydrogens is 224 g/mol. The SMILES string of the molecule is Cc1ccc(C(=O)OCCCCCCl)cc1. The van der Waals surface area contributed by atoms with Gasteiger partial charge in [-0.2, -0.15) is 0 Å². The summed E-state index contributed by atoms with van der Waals surface area (Å²) in [5.41, 5.74) is 1.75. The van der Waals surface area contributed by atoms with Crippen LogP contribution in [0.2, 0.25) is 0 Å². The number of carbonyl (C=O) groups excluding carboxylic acids is 1. The molecule has 2 nitrogen and oxygen atoms in total. The second kappa shape index (κ2) is 7.29. The molecule has 0 atom stereocenters. The van der Waals surface area contributed by atoms with Gasteiger partial charge in [0.1, 0.15) is 0 Å². The highest BCUT2D eigenvalue weighted by Gasteiger charge is 2.05. The van der Waals surface area contributed by atoms with Gasteiger partial charge in [0.15, 0.2) is 0 Å². The molecule has 88 valence electrons. The van der Waals surface area contributed by atoms with Gasteiger partial charge < -0.3 is 4.74 Å². The fraction of sp³-hybridized carbons (Fsp3) is 0.462. The van der Waals surface area contributed by atoms with Crippen molar-refractivity contribution < 1.29 is 9.53 Å². The summed E-state index contributed by atoms with van der Waals surface area (Å²) in [7, 11) is 0. The maximum atomic E-state index is 11.5. The van der Waals surface area contributed by atoms with Gasteiger partial charge in [-0.05, 0) is 38.3 Å². The summed E-state index contributed by atoms with van der Waals surface area (Å²) < 4.78 is 5.13. The van der Waals surface area contributed by atoms with Crippen molar-refractivity contribution in [3.8, 4) is 0 Å². The molecule has 0 saturated carbocycles. The first-order valence-corrected chi connectivity index (χ1v) is 6.07. The number of esters is 1. The minimum atomic E-state index is -0.245. The van der Waals surface area contributed by atoms with Gasteiger partial charge in [0.05, 0.1) is 12.2 Å². The molecule has 3 heteroatoms. The molecule has 16 heavy (non-hydrogen) atoms. The van der Waals surface area contributed by atoms with Crippen molar-refractivity contribution in [2.75, 3.05) is 12.5 Å². The Bertz CT molecular complexity index is 319. The van der Waals surface area contributed by atoms with Gasteiger partial charge in [0, 0.05) is 5.88 Å². The molecule has 1 aromatic rings. The molecule has 0 amide bonds. The zero-order valence-electron chi connectivity index (χ0n) is 9.54. The van der Waals surface area contributed by atoms with Gasteiger partial charge in [-0.3, -0.25) is 0 Å². The first-order valence-electron chi connectivity index (χ1n) is 5.54. The van der Waals surface area contributed by atoms with Crippen molar-refractivity contribution in [3.63, 3.8) is 0 Å². The van der Waals surface area contributed by atoms with Crippen molar-refractivity contribution in [3.05, 3.63) is 35.4 Å². The number of halogens is 1. The van der Waals surface area contributed by atoms with Crippen LogP contribution in [0.5, 0.6) is 0 Å². The Morgan fingerprint density at radius 2 is 1.88 bits per heavy atom. The predicted molar refractivity (Wildman–Crippen MR) is 66.0 cm³/mol.